The average molecular weight is 489 g/mol. The maximum absolute atomic E-state index is 15.7. The molecule has 0 bridgehead atoms. The fourth-order valence-corrected chi connectivity index (χ4v) is 3.31. The third-order valence-electron chi connectivity index (χ3n) is 4.81. The minimum Gasteiger partial charge on any atom is -0.483 e. The number of nitrogens with zero attached hydrogens (tertiary/aromatic N) is 3. The van der Waals surface area contributed by atoms with Crippen LogP contribution in [0.3, 0.4) is 0 Å². The molecule has 1 unspecified atom stereocenters. The molecule has 0 spiro atoms. The molecule has 0 radical (unpaired) electrons. The van der Waals surface area contributed by atoms with E-state index < -0.39 is 54.1 Å². The number of nitrogens with two attached hydrogens (primary N) is 2. The van der Waals surface area contributed by atoms with Gasteiger partial charge in [-0.05, 0) is 35.9 Å². The lowest BCUT2D eigenvalue weighted by Gasteiger charge is -2.30. The second-order valence-electron chi connectivity index (χ2n) is 7.23. The molecule has 0 saturated carbocycles. The van der Waals surface area contributed by atoms with Crippen LogP contribution in [0.2, 0.25) is 0 Å². The SMILES string of the molecule is N/N=C\N(N)CC(c1ccc(F)cc1F)C(F)(F)c1ccc2c(OCC(F)(F)F)cccc2n1. The van der Waals surface area contributed by atoms with Crippen LogP contribution in [0.1, 0.15) is 17.2 Å². The van der Waals surface area contributed by atoms with Gasteiger partial charge in [0.05, 0.1) is 11.4 Å². The Bertz CT molecular complexity index is 1190. The van der Waals surface area contributed by atoms with E-state index in [-0.39, 0.29) is 16.7 Å². The number of aromatic nitrogens is 1. The van der Waals surface area contributed by atoms with Gasteiger partial charge in [0.2, 0.25) is 0 Å². The summed E-state index contributed by atoms with van der Waals surface area (Å²) >= 11 is 0. The van der Waals surface area contributed by atoms with Crippen molar-refractivity contribution < 1.29 is 35.5 Å². The van der Waals surface area contributed by atoms with E-state index >= 15 is 8.78 Å². The van der Waals surface area contributed by atoms with E-state index in [2.05, 4.69) is 10.1 Å². The number of rotatable bonds is 8. The molecule has 3 rings (SSSR count). The summed E-state index contributed by atoms with van der Waals surface area (Å²) in [6.07, 6.45) is -3.77. The van der Waals surface area contributed by atoms with Gasteiger partial charge >= 0.3 is 6.18 Å². The molecule has 2 aromatic carbocycles. The summed E-state index contributed by atoms with van der Waals surface area (Å²) in [5, 5.41) is 3.89. The van der Waals surface area contributed by atoms with E-state index in [0.717, 1.165) is 30.6 Å². The predicted molar refractivity (Wildman–Crippen MR) is 110 cm³/mol. The first-order valence-corrected chi connectivity index (χ1v) is 9.59. The van der Waals surface area contributed by atoms with Crippen molar-refractivity contribution in [2.45, 2.75) is 18.0 Å². The van der Waals surface area contributed by atoms with Gasteiger partial charge < -0.3 is 10.6 Å². The molecule has 4 N–H and O–H groups in total. The lowest BCUT2D eigenvalue weighted by molar-refractivity contribution is -0.153. The largest absolute Gasteiger partial charge is 0.483 e. The highest BCUT2D eigenvalue weighted by atomic mass is 19.4. The van der Waals surface area contributed by atoms with Gasteiger partial charge in [-0.15, -0.1) is 0 Å². The van der Waals surface area contributed by atoms with Gasteiger partial charge in [0, 0.05) is 18.0 Å². The summed E-state index contributed by atoms with van der Waals surface area (Å²) in [5.74, 6) is 2.35. The number of hydrogen-bond donors (Lipinski definition) is 2. The Morgan fingerprint density at radius 2 is 1.79 bits per heavy atom. The number of halogens is 7. The summed E-state index contributed by atoms with van der Waals surface area (Å²) in [5.41, 5.74) is -1.44. The van der Waals surface area contributed by atoms with Crippen LogP contribution in [0, 0.1) is 11.6 Å². The summed E-state index contributed by atoms with van der Waals surface area (Å²) in [6.45, 7) is -2.27. The molecule has 0 aliphatic rings. The molecule has 6 nitrogen and oxygen atoms in total. The van der Waals surface area contributed by atoms with E-state index in [0.29, 0.717) is 11.1 Å². The van der Waals surface area contributed by atoms with Crippen molar-refractivity contribution in [3.05, 3.63) is 71.4 Å². The normalized spacial score (nSPS) is 13.4. The fraction of sp³-hybridized carbons (Fsp3) is 0.238. The van der Waals surface area contributed by atoms with E-state index in [4.69, 9.17) is 16.4 Å². The first-order valence-electron chi connectivity index (χ1n) is 9.59. The Balaban J connectivity index is 2.05. The Labute approximate surface area is 188 Å². The van der Waals surface area contributed by atoms with Crippen LogP contribution in [-0.4, -0.2) is 35.7 Å². The fourth-order valence-electron chi connectivity index (χ4n) is 3.31. The van der Waals surface area contributed by atoms with Crippen LogP contribution in [0.15, 0.2) is 53.6 Å². The second kappa shape index (κ2) is 9.71. The second-order valence-corrected chi connectivity index (χ2v) is 7.23. The smallest absolute Gasteiger partial charge is 0.422 e. The average Bonchev–Trinajstić information content (AvgIpc) is 2.75. The van der Waals surface area contributed by atoms with Crippen molar-refractivity contribution in [3.63, 3.8) is 0 Å². The number of fused-ring (bicyclic) bond motifs is 1. The lowest BCUT2D eigenvalue weighted by atomic mass is 9.89. The molecular formula is C21H18F7N5O. The Kier molecular flexibility index (Phi) is 7.15. The third-order valence-corrected chi connectivity index (χ3v) is 4.81. The monoisotopic (exact) mass is 489 g/mol. The summed E-state index contributed by atoms with van der Waals surface area (Å²) in [4.78, 5) is 3.87. The molecule has 3 aromatic rings. The topological polar surface area (TPSA) is 89.8 Å². The van der Waals surface area contributed by atoms with Gasteiger partial charge in [-0.25, -0.2) is 19.6 Å². The molecule has 0 saturated heterocycles. The quantitative estimate of drug-likeness (QED) is 0.161. The minimum atomic E-state index is -4.60. The highest BCUT2D eigenvalue weighted by Gasteiger charge is 2.45. The van der Waals surface area contributed by atoms with Crippen LogP contribution in [0.4, 0.5) is 30.7 Å². The maximum Gasteiger partial charge on any atom is 0.422 e. The molecule has 0 aliphatic carbocycles. The zero-order valence-corrected chi connectivity index (χ0v) is 17.2. The zero-order valence-electron chi connectivity index (χ0n) is 17.2. The summed E-state index contributed by atoms with van der Waals surface area (Å²) in [7, 11) is 0. The van der Waals surface area contributed by atoms with Crippen LogP contribution in [0.5, 0.6) is 5.75 Å². The van der Waals surface area contributed by atoms with Gasteiger partial charge in [0.25, 0.3) is 5.92 Å². The Hall–Kier alpha value is -3.61. The first kappa shape index (κ1) is 25.0. The molecule has 0 aliphatic heterocycles. The van der Waals surface area contributed by atoms with Crippen molar-refractivity contribution in [3.8, 4) is 5.75 Å². The van der Waals surface area contributed by atoms with Gasteiger partial charge in [0.15, 0.2) is 6.61 Å². The van der Waals surface area contributed by atoms with Crippen LogP contribution in [-0.2, 0) is 5.92 Å². The van der Waals surface area contributed by atoms with Crippen LogP contribution in [0.25, 0.3) is 10.9 Å². The molecular weight excluding hydrogens is 471 g/mol. The van der Waals surface area contributed by atoms with Gasteiger partial charge in [-0.3, -0.25) is 5.01 Å². The van der Waals surface area contributed by atoms with E-state index in [1.54, 1.807) is 0 Å². The van der Waals surface area contributed by atoms with E-state index in [1.807, 2.05) is 0 Å². The highest BCUT2D eigenvalue weighted by Crippen LogP contribution is 2.43. The number of hydrazine groups is 1. The molecule has 1 heterocycles. The Morgan fingerprint density at radius 3 is 2.44 bits per heavy atom. The Morgan fingerprint density at radius 1 is 1.06 bits per heavy atom. The third kappa shape index (κ3) is 5.65. The maximum atomic E-state index is 15.7. The number of alkyl halides is 5. The number of pyridine rings is 1. The molecule has 0 fully saturated rings. The number of hydrazone groups is 1. The van der Waals surface area contributed by atoms with Crippen molar-refractivity contribution in [1.29, 1.82) is 0 Å². The van der Waals surface area contributed by atoms with Gasteiger partial charge in [-0.1, -0.05) is 12.1 Å². The standard InChI is InChI=1S/C21H18F7N5O/c22-12-4-5-13(16(23)8-12)15(9-33(30)11-31-29)21(27,28)19-7-6-14-17(32-19)2-1-3-18(14)34-10-20(24,25)26/h1-8,11,15H,9-10,29-30H2/b31-11-. The van der Waals surface area contributed by atoms with Crippen LogP contribution >= 0.6 is 0 Å². The van der Waals surface area contributed by atoms with Crippen molar-refractivity contribution in [2.75, 3.05) is 13.2 Å². The molecule has 13 heteroatoms. The lowest BCUT2D eigenvalue weighted by Crippen LogP contribution is -2.40. The van der Waals surface area contributed by atoms with Crippen molar-refractivity contribution >= 4 is 17.2 Å². The molecule has 1 atom stereocenters. The van der Waals surface area contributed by atoms with Crippen LogP contribution < -0.4 is 16.4 Å². The van der Waals surface area contributed by atoms with Gasteiger partial charge in [-0.2, -0.15) is 27.1 Å². The minimum absolute atomic E-state index is 0.0616. The predicted octanol–water partition coefficient (Wildman–Crippen LogP) is 4.41. The van der Waals surface area contributed by atoms with E-state index in [9.17, 15) is 22.0 Å². The van der Waals surface area contributed by atoms with Crippen molar-refractivity contribution in [2.24, 2.45) is 16.8 Å². The number of ether oxygens (including phenoxy) is 1. The molecule has 34 heavy (non-hydrogen) atoms. The highest BCUT2D eigenvalue weighted by molar-refractivity contribution is 5.85. The van der Waals surface area contributed by atoms with Crippen molar-refractivity contribution in [1.82, 2.24) is 9.99 Å². The summed E-state index contributed by atoms with van der Waals surface area (Å²) in [6, 6.07) is 7.97. The number of hydrogen-bond acceptors (Lipinski definition) is 5. The summed E-state index contributed by atoms with van der Waals surface area (Å²) < 4.78 is 101. The first-order chi connectivity index (χ1) is 15.9. The van der Waals surface area contributed by atoms with Gasteiger partial charge in [0.1, 0.15) is 29.4 Å². The molecule has 1 aromatic heterocycles. The number of benzene rings is 2. The molecule has 0 amide bonds. The van der Waals surface area contributed by atoms with E-state index in [1.165, 1.54) is 18.2 Å². The zero-order chi connectivity index (χ0) is 25.1. The molecule has 182 valence electrons.